The van der Waals surface area contributed by atoms with Gasteiger partial charge in [-0.15, -0.1) is 0 Å². The fourth-order valence-electron chi connectivity index (χ4n) is 9.21. The Kier molecular flexibility index (Phi) is 31.1. The maximum atomic E-state index is 14.5. The molecule has 0 aliphatic carbocycles. The Morgan fingerprint density at radius 2 is 1.13 bits per heavy atom. The predicted octanol–water partition coefficient (Wildman–Crippen LogP) is 1.80. The van der Waals surface area contributed by atoms with Gasteiger partial charge < -0.3 is 68.1 Å². The second-order valence-electron chi connectivity index (χ2n) is 26.0. The second kappa shape index (κ2) is 34.6. The molecule has 85 heavy (non-hydrogen) atoms. The fourth-order valence-corrected chi connectivity index (χ4v) is 9.21. The Morgan fingerprint density at radius 3 is 1.66 bits per heavy atom. The molecule has 0 aromatic rings. The van der Waals surface area contributed by atoms with Crippen molar-refractivity contribution in [1.29, 1.82) is 0 Å². The van der Waals surface area contributed by atoms with Gasteiger partial charge in [-0.05, 0) is 122 Å². The van der Waals surface area contributed by atoms with Crippen LogP contribution in [0.4, 0.5) is 0 Å². The highest BCUT2D eigenvalue weighted by Crippen LogP contribution is 2.25. The number of allylic oxidation sites excluding steroid dienone is 1. The summed E-state index contributed by atoms with van der Waals surface area (Å²) in [4.78, 5) is 163. The van der Waals surface area contributed by atoms with E-state index in [1.807, 2.05) is 20.8 Å². The van der Waals surface area contributed by atoms with Crippen molar-refractivity contribution in [2.45, 2.75) is 247 Å². The Hall–Kier alpha value is -6.50. The SMILES string of the molecule is CCC(=O)CC(O)CC(C)C[C@H](NC(=O)[C@@H]1C[C@H](C)CN1C(=O)/C=C/C(C)CC)C(=O)N[C@H](C(=O)NC(C)(C)C(=O)N[C@@H](CC(C)C)C(=O)N[C@@H](CC(C)C)C(=O)NC(C)(C)C(=O)NC(C)(C)C(=O)NCCC(=O)NC(C)C(=O)O)[C@H](O)C(C)C. The monoisotopic (exact) mass is 1200 g/mol. The molecule has 0 saturated carbocycles. The minimum atomic E-state index is -1.84. The van der Waals surface area contributed by atoms with E-state index in [0.717, 1.165) is 6.42 Å². The van der Waals surface area contributed by atoms with Crippen LogP contribution in [0, 0.1) is 35.5 Å². The standard InChI is InChI=1S/C60H104N10O15/c1-19-35(9)21-22-46(74)70-31-37(11)29-44(70)52(79)64-43(28-36(10)27-40(72)30-39(71)20-2)50(77)66-47(48(75)34(7)8)53(80)68-59(15,16)56(84)65-41(25-32(3)4)49(76)63-42(26-33(5)6)51(78)67-60(17,18)57(85)69-58(13,14)55(83)61-24-23-45(73)62-38(12)54(81)82/h21-22,32-38,40-44,47-48,72,75H,19-20,23-31H2,1-18H3,(H,61,83)(H,62,73)(H,63,76)(H,64,79)(H,65,84)(H,66,77)(H,67,78)(H,68,80)(H,69,85)(H,81,82)/b22-21+/t35?,36?,37-,38?,40?,41-,42-,43-,44-,47-,48+/m0/s1. The molecule has 4 unspecified atom stereocenters. The third-order valence-electron chi connectivity index (χ3n) is 14.8. The molecule has 10 amide bonds. The topological polar surface area (TPSA) is 377 Å². The Labute approximate surface area is 503 Å². The number of aliphatic hydroxyl groups is 2. The predicted molar refractivity (Wildman–Crippen MR) is 319 cm³/mol. The lowest BCUT2D eigenvalue weighted by molar-refractivity contribution is -0.141. The first-order chi connectivity index (χ1) is 39.1. The molecule has 1 aliphatic heterocycles. The van der Waals surface area contributed by atoms with Crippen molar-refractivity contribution in [3.8, 4) is 0 Å². The van der Waals surface area contributed by atoms with Gasteiger partial charge in [-0.3, -0.25) is 57.5 Å². The minimum absolute atomic E-state index is 0.0530. The van der Waals surface area contributed by atoms with Crippen molar-refractivity contribution in [2.75, 3.05) is 13.1 Å². The van der Waals surface area contributed by atoms with Crippen molar-refractivity contribution in [2.24, 2.45) is 35.5 Å². The molecule has 12 N–H and O–H groups in total. The van der Waals surface area contributed by atoms with Gasteiger partial charge in [0.25, 0.3) is 0 Å². The number of nitrogens with one attached hydrogen (secondary N) is 9. The third-order valence-corrected chi connectivity index (χ3v) is 14.8. The summed E-state index contributed by atoms with van der Waals surface area (Å²) in [5, 5.41) is 54.8. The first kappa shape index (κ1) is 76.5. The number of nitrogens with zero attached hydrogens (tertiary/aromatic N) is 1. The summed E-state index contributed by atoms with van der Waals surface area (Å²) in [6, 6.07) is -7.74. The van der Waals surface area contributed by atoms with Crippen molar-refractivity contribution in [3.63, 3.8) is 0 Å². The summed E-state index contributed by atoms with van der Waals surface area (Å²) in [6.45, 7) is 29.3. The average Bonchev–Trinajstić information content (AvgIpc) is 3.91. The number of aliphatic hydroxyl groups excluding tert-OH is 2. The molecule has 1 heterocycles. The molecule has 0 aromatic heterocycles. The van der Waals surface area contributed by atoms with Crippen molar-refractivity contribution >= 4 is 70.8 Å². The van der Waals surface area contributed by atoms with Gasteiger partial charge in [0.1, 0.15) is 58.7 Å². The molecule has 1 saturated heterocycles. The highest BCUT2D eigenvalue weighted by atomic mass is 16.4. The van der Waals surface area contributed by atoms with Crippen LogP contribution >= 0.6 is 0 Å². The second-order valence-corrected chi connectivity index (χ2v) is 26.0. The van der Waals surface area contributed by atoms with Crippen LogP contribution in [0.25, 0.3) is 0 Å². The molecule has 0 spiro atoms. The summed E-state index contributed by atoms with van der Waals surface area (Å²) < 4.78 is 0. The Morgan fingerprint density at radius 1 is 0.612 bits per heavy atom. The van der Waals surface area contributed by atoms with E-state index in [1.54, 1.807) is 61.5 Å². The summed E-state index contributed by atoms with van der Waals surface area (Å²) in [5.74, 6) is -10.2. The van der Waals surface area contributed by atoms with E-state index in [1.165, 1.54) is 59.4 Å². The highest BCUT2D eigenvalue weighted by molar-refractivity contribution is 6.00. The first-order valence-electron chi connectivity index (χ1n) is 29.9. The van der Waals surface area contributed by atoms with Crippen LogP contribution < -0.4 is 47.9 Å². The van der Waals surface area contributed by atoms with E-state index < -0.39 is 136 Å². The lowest BCUT2D eigenvalue weighted by Crippen LogP contribution is -2.66. The van der Waals surface area contributed by atoms with E-state index in [2.05, 4.69) is 47.9 Å². The molecular formula is C60H104N10O15. The zero-order chi connectivity index (χ0) is 65.6. The number of amides is 10. The van der Waals surface area contributed by atoms with Crippen LogP contribution in [-0.2, 0) is 57.5 Å². The van der Waals surface area contributed by atoms with Crippen LogP contribution in [0.15, 0.2) is 12.2 Å². The maximum absolute atomic E-state index is 14.5. The number of hydrogen-bond acceptors (Lipinski definition) is 14. The number of likely N-dealkylation sites (tertiary alicyclic amines) is 1. The largest absolute Gasteiger partial charge is 0.480 e. The summed E-state index contributed by atoms with van der Waals surface area (Å²) in [5.41, 5.74) is -5.08. The lowest BCUT2D eigenvalue weighted by Gasteiger charge is -2.34. The zero-order valence-electron chi connectivity index (χ0n) is 53.7. The first-order valence-corrected chi connectivity index (χ1v) is 29.9. The molecule has 1 aliphatic rings. The third kappa shape index (κ3) is 26.3. The number of carbonyl (C=O) groups excluding carboxylic acids is 11. The van der Waals surface area contributed by atoms with Gasteiger partial charge in [0, 0.05) is 32.4 Å². The number of hydrogen-bond donors (Lipinski definition) is 12. The average molecular weight is 1210 g/mol. The van der Waals surface area contributed by atoms with Gasteiger partial charge in [0.2, 0.25) is 59.1 Å². The molecule has 1 rings (SSSR count). The number of carboxylic acids is 1. The number of Topliss-reactive ketones (excluding diaryl/α,β-unsaturated/α-hetero) is 1. The minimum Gasteiger partial charge on any atom is -0.480 e. The molecule has 0 aromatic carbocycles. The molecule has 11 atom stereocenters. The lowest BCUT2D eigenvalue weighted by atomic mass is 9.92. The molecule has 25 heteroatoms. The van der Waals surface area contributed by atoms with Crippen LogP contribution in [0.5, 0.6) is 0 Å². The fraction of sp³-hybridized carbons (Fsp3) is 0.767. The van der Waals surface area contributed by atoms with E-state index >= 15 is 0 Å². The number of carboxylic acid groups (broad SMARTS) is 1. The van der Waals surface area contributed by atoms with E-state index in [0.29, 0.717) is 6.42 Å². The van der Waals surface area contributed by atoms with E-state index in [9.17, 15) is 67.7 Å². The normalized spacial score (nSPS) is 17.9. The van der Waals surface area contributed by atoms with Crippen LogP contribution in [0.3, 0.4) is 0 Å². The van der Waals surface area contributed by atoms with Gasteiger partial charge in [0.15, 0.2) is 0 Å². The smallest absolute Gasteiger partial charge is 0.325 e. The van der Waals surface area contributed by atoms with Crippen molar-refractivity contribution in [3.05, 3.63) is 12.2 Å². The van der Waals surface area contributed by atoms with Gasteiger partial charge in [-0.2, -0.15) is 0 Å². The molecule has 0 radical (unpaired) electrons. The van der Waals surface area contributed by atoms with Gasteiger partial charge in [0.05, 0.1) is 12.2 Å². The maximum Gasteiger partial charge on any atom is 0.325 e. The zero-order valence-corrected chi connectivity index (χ0v) is 53.7. The number of rotatable bonds is 36. The molecule has 0 bridgehead atoms. The molecular weight excluding hydrogens is 1100 g/mol. The molecule has 1 fully saturated rings. The number of carbonyl (C=O) groups is 12. The summed E-state index contributed by atoms with van der Waals surface area (Å²) >= 11 is 0. The van der Waals surface area contributed by atoms with Gasteiger partial charge in [-0.25, -0.2) is 0 Å². The van der Waals surface area contributed by atoms with E-state index in [4.69, 9.17) is 5.11 Å². The quantitative estimate of drug-likeness (QED) is 0.0398. The molecule has 484 valence electrons. The van der Waals surface area contributed by atoms with Crippen molar-refractivity contribution in [1.82, 2.24) is 52.8 Å². The Balaban J connectivity index is 3.45. The Bertz CT molecular complexity index is 2370. The van der Waals surface area contributed by atoms with Crippen LogP contribution in [-0.4, -0.2) is 169 Å². The number of ketones is 1. The highest BCUT2D eigenvalue weighted by Gasteiger charge is 2.43. The van der Waals surface area contributed by atoms with Gasteiger partial charge in [-0.1, -0.05) is 88.7 Å². The summed E-state index contributed by atoms with van der Waals surface area (Å²) in [6.07, 6.45) is 1.68. The number of aliphatic carboxylic acids is 1. The molecule has 25 nitrogen and oxygen atoms in total. The van der Waals surface area contributed by atoms with Gasteiger partial charge >= 0.3 is 5.97 Å². The van der Waals surface area contributed by atoms with Crippen LogP contribution in [0.1, 0.15) is 182 Å². The van der Waals surface area contributed by atoms with Crippen LogP contribution in [0.2, 0.25) is 0 Å². The van der Waals surface area contributed by atoms with E-state index in [-0.39, 0.29) is 93.4 Å². The summed E-state index contributed by atoms with van der Waals surface area (Å²) in [7, 11) is 0. The van der Waals surface area contributed by atoms with Crippen molar-refractivity contribution < 1.29 is 72.9 Å².